The fourth-order valence-electron chi connectivity index (χ4n) is 1.86. The first kappa shape index (κ1) is 15.7. The molecular weight excluding hydrogens is 256 g/mol. The molecule has 0 radical (unpaired) electrons. The number of carbonyl (C=O) groups excluding carboxylic acids is 1. The maximum atomic E-state index is 12.0. The maximum absolute atomic E-state index is 12.0. The molecule has 5 heteroatoms. The van der Waals surface area contributed by atoms with Crippen LogP contribution in [0.1, 0.15) is 31.9 Å². The van der Waals surface area contributed by atoms with E-state index in [1.807, 2.05) is 6.07 Å². The van der Waals surface area contributed by atoms with Gasteiger partial charge in [-0.25, -0.2) is 0 Å². The van der Waals surface area contributed by atoms with Gasteiger partial charge in [0.25, 0.3) is 0 Å². The van der Waals surface area contributed by atoms with Crippen LogP contribution in [0.25, 0.3) is 0 Å². The Labute approximate surface area is 118 Å². The zero-order valence-electron chi connectivity index (χ0n) is 11.8. The third-order valence-electron chi connectivity index (χ3n) is 2.92. The van der Waals surface area contributed by atoms with Crippen molar-refractivity contribution in [3.8, 4) is 6.07 Å². The monoisotopic (exact) mass is 274 g/mol. The molecule has 0 saturated carbocycles. The highest BCUT2D eigenvalue weighted by Gasteiger charge is 2.37. The van der Waals surface area contributed by atoms with Crippen molar-refractivity contribution < 1.29 is 14.7 Å². The molecule has 1 rings (SSSR count). The first-order valence-corrected chi connectivity index (χ1v) is 6.25. The smallest absolute Gasteiger partial charge is 0.316 e. The number of rotatable bonds is 4. The van der Waals surface area contributed by atoms with Crippen LogP contribution in [-0.2, 0) is 16.1 Å². The lowest BCUT2D eigenvalue weighted by atomic mass is 9.80. The Morgan fingerprint density at radius 3 is 2.25 bits per heavy atom. The highest BCUT2D eigenvalue weighted by atomic mass is 16.4. The van der Waals surface area contributed by atoms with E-state index in [1.165, 1.54) is 0 Å². The summed E-state index contributed by atoms with van der Waals surface area (Å²) in [5, 5.41) is 20.5. The summed E-state index contributed by atoms with van der Waals surface area (Å²) in [6, 6.07) is 8.77. The Bertz CT molecular complexity index is 536. The first-order valence-electron chi connectivity index (χ1n) is 6.25. The molecule has 0 aliphatic heterocycles. The fraction of sp³-hybridized carbons (Fsp3) is 0.400. The average molecular weight is 274 g/mol. The molecule has 0 spiro atoms. The number of nitrogens with zero attached hydrogens (tertiary/aromatic N) is 1. The number of aliphatic carboxylic acids is 1. The molecule has 1 unspecified atom stereocenters. The van der Waals surface area contributed by atoms with Crippen molar-refractivity contribution in [2.24, 2.45) is 11.3 Å². The SMILES string of the molecule is CC(C)(C)C(C(=O)O)C(=O)NCc1ccc(C#N)cc1. The number of amides is 1. The summed E-state index contributed by atoms with van der Waals surface area (Å²) in [6.07, 6.45) is 0. The van der Waals surface area contributed by atoms with E-state index in [9.17, 15) is 9.59 Å². The predicted molar refractivity (Wildman–Crippen MR) is 73.6 cm³/mol. The normalized spacial score (nSPS) is 12.3. The molecule has 20 heavy (non-hydrogen) atoms. The molecule has 1 atom stereocenters. The van der Waals surface area contributed by atoms with Crippen LogP contribution in [0.4, 0.5) is 0 Å². The van der Waals surface area contributed by atoms with Gasteiger partial charge in [-0.2, -0.15) is 5.26 Å². The summed E-state index contributed by atoms with van der Waals surface area (Å²) in [4.78, 5) is 23.2. The van der Waals surface area contributed by atoms with Gasteiger partial charge in [0.15, 0.2) is 0 Å². The minimum atomic E-state index is -1.13. The number of carboxylic acids is 1. The van der Waals surface area contributed by atoms with Crippen molar-refractivity contribution in [3.05, 3.63) is 35.4 Å². The Hall–Kier alpha value is -2.35. The van der Waals surface area contributed by atoms with Crippen molar-refractivity contribution in [2.75, 3.05) is 0 Å². The van der Waals surface area contributed by atoms with Gasteiger partial charge in [-0.1, -0.05) is 32.9 Å². The third-order valence-corrected chi connectivity index (χ3v) is 2.92. The van der Waals surface area contributed by atoms with Gasteiger partial charge in [0.2, 0.25) is 5.91 Å². The molecule has 0 aromatic heterocycles. The summed E-state index contributed by atoms with van der Waals surface area (Å²) in [5.41, 5.74) is 0.703. The lowest BCUT2D eigenvalue weighted by molar-refractivity contribution is -0.151. The van der Waals surface area contributed by atoms with Crippen LogP contribution in [0.15, 0.2) is 24.3 Å². The number of hydrogen-bond acceptors (Lipinski definition) is 3. The van der Waals surface area contributed by atoms with Crippen molar-refractivity contribution in [1.29, 1.82) is 5.26 Å². The van der Waals surface area contributed by atoms with Gasteiger partial charge in [0, 0.05) is 6.54 Å². The standard InChI is InChI=1S/C15H18N2O3/c1-15(2,3)12(14(19)20)13(18)17-9-11-6-4-10(8-16)5-7-11/h4-7,12H,9H2,1-3H3,(H,17,18)(H,19,20). The minimum Gasteiger partial charge on any atom is -0.481 e. The first-order chi connectivity index (χ1) is 9.25. The van der Waals surface area contributed by atoms with Gasteiger partial charge in [-0.15, -0.1) is 0 Å². The van der Waals surface area contributed by atoms with E-state index < -0.39 is 23.2 Å². The number of nitriles is 1. The number of carboxylic acid groups (broad SMARTS) is 1. The Kier molecular flexibility index (Phi) is 4.87. The minimum absolute atomic E-state index is 0.240. The zero-order valence-corrected chi connectivity index (χ0v) is 11.8. The van der Waals surface area contributed by atoms with Crippen molar-refractivity contribution in [2.45, 2.75) is 27.3 Å². The van der Waals surface area contributed by atoms with Crippen molar-refractivity contribution >= 4 is 11.9 Å². The van der Waals surface area contributed by atoms with Crippen LogP contribution in [0, 0.1) is 22.7 Å². The summed E-state index contributed by atoms with van der Waals surface area (Å²) in [7, 11) is 0. The second-order valence-electron chi connectivity index (χ2n) is 5.66. The van der Waals surface area contributed by atoms with E-state index in [0.717, 1.165) is 5.56 Å². The van der Waals surface area contributed by atoms with Gasteiger partial charge >= 0.3 is 5.97 Å². The van der Waals surface area contributed by atoms with Crippen molar-refractivity contribution in [1.82, 2.24) is 5.32 Å². The van der Waals surface area contributed by atoms with E-state index in [4.69, 9.17) is 10.4 Å². The molecule has 0 fully saturated rings. The maximum Gasteiger partial charge on any atom is 0.316 e. The second-order valence-corrected chi connectivity index (χ2v) is 5.66. The molecular formula is C15H18N2O3. The quantitative estimate of drug-likeness (QED) is 0.821. The van der Waals surface area contributed by atoms with Crippen molar-refractivity contribution in [3.63, 3.8) is 0 Å². The predicted octanol–water partition coefficient (Wildman–Crippen LogP) is 1.92. The number of carbonyl (C=O) groups is 2. The molecule has 0 saturated heterocycles. The summed E-state index contributed by atoms with van der Waals surface area (Å²) in [5.74, 6) is -2.73. The molecule has 1 aromatic rings. The largest absolute Gasteiger partial charge is 0.481 e. The summed E-state index contributed by atoms with van der Waals surface area (Å²) < 4.78 is 0. The van der Waals surface area contributed by atoms with E-state index in [0.29, 0.717) is 5.56 Å². The number of hydrogen-bond donors (Lipinski definition) is 2. The van der Waals surface area contributed by atoms with Crippen LogP contribution in [-0.4, -0.2) is 17.0 Å². The van der Waals surface area contributed by atoms with Crippen LogP contribution in [0.2, 0.25) is 0 Å². The lowest BCUT2D eigenvalue weighted by Crippen LogP contribution is -2.42. The molecule has 2 N–H and O–H groups in total. The molecule has 0 aliphatic carbocycles. The van der Waals surface area contributed by atoms with E-state index in [1.54, 1.807) is 45.0 Å². The molecule has 5 nitrogen and oxygen atoms in total. The summed E-state index contributed by atoms with van der Waals surface area (Å²) >= 11 is 0. The Balaban J connectivity index is 2.70. The highest BCUT2D eigenvalue weighted by molar-refractivity contribution is 5.97. The van der Waals surface area contributed by atoms with Gasteiger partial charge < -0.3 is 10.4 Å². The molecule has 0 bridgehead atoms. The third kappa shape index (κ3) is 4.09. The zero-order chi connectivity index (χ0) is 15.3. The Morgan fingerprint density at radius 1 is 1.30 bits per heavy atom. The van der Waals surface area contributed by atoms with Crippen LogP contribution in [0.5, 0.6) is 0 Å². The molecule has 1 aromatic carbocycles. The van der Waals surface area contributed by atoms with Gasteiger partial charge in [-0.3, -0.25) is 9.59 Å². The van der Waals surface area contributed by atoms with Gasteiger partial charge in [0.05, 0.1) is 11.6 Å². The topological polar surface area (TPSA) is 90.2 Å². The lowest BCUT2D eigenvalue weighted by Gasteiger charge is -2.25. The van der Waals surface area contributed by atoms with Crippen LogP contribution in [0.3, 0.4) is 0 Å². The number of nitrogens with one attached hydrogen (secondary N) is 1. The second kappa shape index (κ2) is 6.20. The fourth-order valence-corrected chi connectivity index (χ4v) is 1.86. The molecule has 1 amide bonds. The van der Waals surface area contributed by atoms with E-state index >= 15 is 0 Å². The van der Waals surface area contributed by atoms with E-state index in [-0.39, 0.29) is 6.54 Å². The Morgan fingerprint density at radius 2 is 1.85 bits per heavy atom. The van der Waals surface area contributed by atoms with E-state index in [2.05, 4.69) is 5.32 Å². The molecule has 0 aliphatic rings. The van der Waals surface area contributed by atoms with Crippen LogP contribution < -0.4 is 5.32 Å². The number of benzene rings is 1. The molecule has 0 heterocycles. The van der Waals surface area contributed by atoms with Gasteiger partial charge in [0.1, 0.15) is 5.92 Å². The summed E-state index contributed by atoms with van der Waals surface area (Å²) in [6.45, 7) is 5.39. The van der Waals surface area contributed by atoms with Crippen LogP contribution >= 0.6 is 0 Å². The van der Waals surface area contributed by atoms with Gasteiger partial charge in [-0.05, 0) is 23.1 Å². The highest BCUT2D eigenvalue weighted by Crippen LogP contribution is 2.26. The average Bonchev–Trinajstić information content (AvgIpc) is 2.34. The molecule has 106 valence electrons.